The summed E-state index contributed by atoms with van der Waals surface area (Å²) in [5, 5.41) is 0. The monoisotopic (exact) mass is 322 g/mol. The maximum absolute atomic E-state index is 12.2. The van der Waals surface area contributed by atoms with Crippen molar-refractivity contribution in [3.63, 3.8) is 0 Å². The minimum Gasteiger partial charge on any atom is -0.493 e. The summed E-state index contributed by atoms with van der Waals surface area (Å²) in [7, 11) is 3.15. The highest BCUT2D eigenvalue weighted by molar-refractivity contribution is 6.05. The molecule has 1 heterocycles. The Balaban J connectivity index is 1.99. The van der Waals surface area contributed by atoms with Crippen LogP contribution in [0.15, 0.2) is 54.1 Å². The highest BCUT2D eigenvalue weighted by Crippen LogP contribution is 2.34. The van der Waals surface area contributed by atoms with Crippen LogP contribution in [0.5, 0.6) is 11.5 Å². The average Bonchev–Trinajstić information content (AvgIpc) is 2.96. The van der Waals surface area contributed by atoms with Gasteiger partial charge in [0.2, 0.25) is 0 Å². The molecule has 1 aliphatic heterocycles. The summed E-state index contributed by atoms with van der Waals surface area (Å²) >= 11 is 0. The minimum atomic E-state index is -0.379. The van der Waals surface area contributed by atoms with E-state index in [2.05, 4.69) is 0 Å². The van der Waals surface area contributed by atoms with E-state index >= 15 is 0 Å². The Kier molecular flexibility index (Phi) is 4.38. The Morgan fingerprint density at radius 1 is 1.00 bits per heavy atom. The first-order chi connectivity index (χ1) is 11.6. The number of esters is 1. The maximum Gasteiger partial charge on any atom is 0.343 e. The van der Waals surface area contributed by atoms with Crippen molar-refractivity contribution in [3.05, 3.63) is 70.8 Å². The number of rotatable bonds is 4. The van der Waals surface area contributed by atoms with E-state index < -0.39 is 0 Å². The third-order valence-electron chi connectivity index (χ3n) is 3.81. The van der Waals surface area contributed by atoms with Crippen LogP contribution in [-0.4, -0.2) is 20.2 Å². The summed E-state index contributed by atoms with van der Waals surface area (Å²) in [6.45, 7) is 2.01. The van der Waals surface area contributed by atoms with E-state index in [9.17, 15) is 4.79 Å². The fraction of sp³-hybridized carbons (Fsp3) is 0.150. The first-order valence-corrected chi connectivity index (χ1v) is 7.56. The topological polar surface area (TPSA) is 44.8 Å². The molecule has 0 saturated heterocycles. The molecule has 0 fully saturated rings. The highest BCUT2D eigenvalue weighted by atomic mass is 16.5. The molecule has 3 rings (SSSR count). The lowest BCUT2D eigenvalue weighted by Gasteiger charge is -2.10. The molecule has 0 amide bonds. The Morgan fingerprint density at radius 2 is 1.75 bits per heavy atom. The summed E-state index contributed by atoms with van der Waals surface area (Å²) < 4.78 is 16.1. The third-order valence-corrected chi connectivity index (χ3v) is 3.81. The van der Waals surface area contributed by atoms with Gasteiger partial charge in [-0.1, -0.05) is 42.0 Å². The molecule has 0 saturated carbocycles. The lowest BCUT2D eigenvalue weighted by Crippen LogP contribution is -1.98. The van der Waals surface area contributed by atoms with Gasteiger partial charge in [-0.2, -0.15) is 0 Å². The number of benzene rings is 2. The smallest absolute Gasteiger partial charge is 0.343 e. The molecule has 0 N–H and O–H groups in total. The predicted molar refractivity (Wildman–Crippen MR) is 92.8 cm³/mol. The van der Waals surface area contributed by atoms with Crippen molar-refractivity contribution >= 4 is 17.8 Å². The number of carbonyl (C=O) groups excluding carboxylic acids is 1. The number of hydrogen-bond acceptors (Lipinski definition) is 4. The van der Waals surface area contributed by atoms with Gasteiger partial charge in [0.05, 0.1) is 19.8 Å². The predicted octanol–water partition coefficient (Wildman–Crippen LogP) is 3.99. The van der Waals surface area contributed by atoms with Crippen LogP contribution in [0.2, 0.25) is 0 Å². The number of carbonyl (C=O) groups is 1. The molecule has 0 atom stereocenters. The molecular formula is C20H18O4. The highest BCUT2D eigenvalue weighted by Gasteiger charge is 2.22. The van der Waals surface area contributed by atoms with Crippen molar-refractivity contribution in [2.24, 2.45) is 0 Å². The molecule has 0 radical (unpaired) electrons. The molecule has 0 bridgehead atoms. The molecule has 1 aliphatic rings. The van der Waals surface area contributed by atoms with E-state index in [-0.39, 0.29) is 5.97 Å². The molecule has 0 aliphatic carbocycles. The molecule has 122 valence electrons. The van der Waals surface area contributed by atoms with Crippen molar-refractivity contribution < 1.29 is 19.0 Å². The molecule has 0 unspecified atom stereocenters. The van der Waals surface area contributed by atoms with E-state index in [1.807, 2.05) is 43.3 Å². The Hall–Kier alpha value is -3.01. The minimum absolute atomic E-state index is 0.379. The van der Waals surface area contributed by atoms with Crippen LogP contribution >= 0.6 is 0 Å². The third kappa shape index (κ3) is 3.04. The van der Waals surface area contributed by atoms with Gasteiger partial charge < -0.3 is 14.2 Å². The average molecular weight is 322 g/mol. The van der Waals surface area contributed by atoms with Gasteiger partial charge in [-0.15, -0.1) is 0 Å². The van der Waals surface area contributed by atoms with Crippen LogP contribution in [0.4, 0.5) is 0 Å². The molecule has 4 heteroatoms. The van der Waals surface area contributed by atoms with Gasteiger partial charge in [0, 0.05) is 11.1 Å². The van der Waals surface area contributed by atoms with Gasteiger partial charge in [-0.05, 0) is 25.1 Å². The van der Waals surface area contributed by atoms with Crippen LogP contribution in [-0.2, 0) is 9.53 Å². The number of aryl methyl sites for hydroxylation is 1. The van der Waals surface area contributed by atoms with Gasteiger partial charge in [-0.3, -0.25) is 0 Å². The van der Waals surface area contributed by atoms with Gasteiger partial charge in [0.15, 0.2) is 11.5 Å². The molecule has 0 spiro atoms. The molecule has 2 aromatic carbocycles. The summed E-state index contributed by atoms with van der Waals surface area (Å²) in [4.78, 5) is 12.2. The summed E-state index contributed by atoms with van der Waals surface area (Å²) in [5.41, 5.74) is 3.25. The summed E-state index contributed by atoms with van der Waals surface area (Å²) in [5.74, 6) is 1.36. The first kappa shape index (κ1) is 15.9. The van der Waals surface area contributed by atoms with Crippen molar-refractivity contribution in [1.29, 1.82) is 0 Å². The first-order valence-electron chi connectivity index (χ1n) is 7.56. The van der Waals surface area contributed by atoms with Gasteiger partial charge in [0.25, 0.3) is 0 Å². The van der Waals surface area contributed by atoms with Gasteiger partial charge in [0.1, 0.15) is 5.76 Å². The second-order valence-corrected chi connectivity index (χ2v) is 5.45. The van der Waals surface area contributed by atoms with E-state index in [1.54, 1.807) is 32.4 Å². The maximum atomic E-state index is 12.2. The fourth-order valence-corrected chi connectivity index (χ4v) is 2.54. The van der Waals surface area contributed by atoms with E-state index in [0.29, 0.717) is 22.8 Å². The SMILES string of the molecule is COc1cccc(C=C2C=C(c3ccc(C)cc3)OC2=O)c1OC. The largest absolute Gasteiger partial charge is 0.493 e. The summed E-state index contributed by atoms with van der Waals surface area (Å²) in [6, 6.07) is 13.3. The van der Waals surface area contributed by atoms with Crippen LogP contribution in [0.1, 0.15) is 16.7 Å². The molecule has 2 aromatic rings. The zero-order chi connectivity index (χ0) is 17.1. The van der Waals surface area contributed by atoms with E-state index in [0.717, 1.165) is 16.7 Å². The molecule has 24 heavy (non-hydrogen) atoms. The van der Waals surface area contributed by atoms with Gasteiger partial charge in [-0.25, -0.2) is 4.79 Å². The van der Waals surface area contributed by atoms with Crippen molar-refractivity contribution in [3.8, 4) is 11.5 Å². The second-order valence-electron chi connectivity index (χ2n) is 5.45. The number of ether oxygens (including phenoxy) is 3. The van der Waals surface area contributed by atoms with Crippen LogP contribution in [0.3, 0.4) is 0 Å². The zero-order valence-corrected chi connectivity index (χ0v) is 13.8. The number of cyclic esters (lactones) is 1. The van der Waals surface area contributed by atoms with Crippen LogP contribution in [0, 0.1) is 6.92 Å². The summed E-state index contributed by atoms with van der Waals surface area (Å²) in [6.07, 6.45) is 3.48. The van der Waals surface area contributed by atoms with Crippen LogP contribution < -0.4 is 9.47 Å². The molecule has 0 aromatic heterocycles. The van der Waals surface area contributed by atoms with Crippen molar-refractivity contribution in [1.82, 2.24) is 0 Å². The number of methoxy groups -OCH3 is 2. The number of hydrogen-bond donors (Lipinski definition) is 0. The Bertz CT molecular complexity index is 829. The fourth-order valence-electron chi connectivity index (χ4n) is 2.54. The lowest BCUT2D eigenvalue weighted by molar-refractivity contribution is -0.130. The second kappa shape index (κ2) is 6.62. The lowest BCUT2D eigenvalue weighted by atomic mass is 10.1. The number of para-hydroxylation sites is 1. The Morgan fingerprint density at radius 3 is 2.42 bits per heavy atom. The normalized spacial score (nSPS) is 15.2. The Labute approximate surface area is 141 Å². The standard InChI is InChI=1S/C20H18O4/c1-13-7-9-14(10-8-13)18-12-16(20(21)24-18)11-15-5-4-6-17(22-2)19(15)23-3/h4-12H,1-3H3. The van der Waals surface area contributed by atoms with Crippen molar-refractivity contribution in [2.75, 3.05) is 14.2 Å². The van der Waals surface area contributed by atoms with Crippen LogP contribution in [0.25, 0.3) is 11.8 Å². The van der Waals surface area contributed by atoms with E-state index in [4.69, 9.17) is 14.2 Å². The zero-order valence-electron chi connectivity index (χ0n) is 13.8. The molecule has 4 nitrogen and oxygen atoms in total. The molecular weight excluding hydrogens is 304 g/mol. The van der Waals surface area contributed by atoms with Crippen molar-refractivity contribution in [2.45, 2.75) is 6.92 Å². The van der Waals surface area contributed by atoms with E-state index in [1.165, 1.54) is 0 Å². The van der Waals surface area contributed by atoms with Gasteiger partial charge >= 0.3 is 5.97 Å². The quantitative estimate of drug-likeness (QED) is 0.630.